The third kappa shape index (κ3) is 3.97. The Morgan fingerprint density at radius 3 is 2.30 bits per heavy atom. The highest BCUT2D eigenvalue weighted by atomic mass is 16.6. The van der Waals surface area contributed by atoms with Crippen molar-refractivity contribution < 1.29 is 19.4 Å². The number of carbonyl (C=O) groups is 1. The Hall–Kier alpha value is -2.17. The van der Waals surface area contributed by atoms with Gasteiger partial charge in [0.15, 0.2) is 6.10 Å². The lowest BCUT2D eigenvalue weighted by atomic mass is 9.94. The number of ether oxygens (including phenoxy) is 2. The Bertz CT molecular complexity index is 626. The minimum absolute atomic E-state index is 0.0910. The van der Waals surface area contributed by atoms with E-state index >= 15 is 0 Å². The first-order valence-electron chi connectivity index (χ1n) is 7.78. The Morgan fingerprint density at radius 2 is 1.65 bits per heavy atom. The van der Waals surface area contributed by atoms with Crippen LogP contribution < -0.4 is 0 Å². The molecule has 2 aromatic rings. The average Bonchev–Trinajstić information content (AvgIpc) is 2.95. The minimum atomic E-state index is -0.896. The quantitative estimate of drug-likeness (QED) is 0.861. The molecule has 2 aromatic carbocycles. The molecule has 1 fully saturated rings. The number of aliphatic hydroxyl groups is 1. The van der Waals surface area contributed by atoms with Crippen molar-refractivity contribution in [2.24, 2.45) is 5.92 Å². The van der Waals surface area contributed by atoms with Gasteiger partial charge in [0.25, 0.3) is 0 Å². The third-order valence-electron chi connectivity index (χ3n) is 4.08. The summed E-state index contributed by atoms with van der Waals surface area (Å²) in [5.41, 5.74) is 2.03. The molecule has 23 heavy (non-hydrogen) atoms. The number of benzene rings is 2. The Labute approximate surface area is 135 Å². The van der Waals surface area contributed by atoms with Crippen LogP contribution in [0.3, 0.4) is 0 Å². The van der Waals surface area contributed by atoms with E-state index in [9.17, 15) is 9.90 Å². The summed E-state index contributed by atoms with van der Waals surface area (Å²) in [7, 11) is 0. The van der Waals surface area contributed by atoms with E-state index in [1.807, 2.05) is 60.7 Å². The molecule has 0 bridgehead atoms. The predicted octanol–water partition coefficient (Wildman–Crippen LogP) is 2.35. The molecular weight excluding hydrogens is 292 g/mol. The largest absolute Gasteiger partial charge is 0.459 e. The molecule has 0 unspecified atom stereocenters. The van der Waals surface area contributed by atoms with Gasteiger partial charge >= 0.3 is 5.97 Å². The van der Waals surface area contributed by atoms with Crippen LogP contribution in [0.4, 0.5) is 0 Å². The van der Waals surface area contributed by atoms with Crippen LogP contribution in [0.2, 0.25) is 0 Å². The Balaban J connectivity index is 1.53. The van der Waals surface area contributed by atoms with E-state index in [2.05, 4.69) is 0 Å². The van der Waals surface area contributed by atoms with E-state index in [-0.39, 0.29) is 12.5 Å². The monoisotopic (exact) mass is 312 g/mol. The summed E-state index contributed by atoms with van der Waals surface area (Å²) in [6.07, 6.45) is -1.05. The number of hydrogen-bond donors (Lipinski definition) is 1. The summed E-state index contributed by atoms with van der Waals surface area (Å²) >= 11 is 0. The van der Waals surface area contributed by atoms with Crippen molar-refractivity contribution in [1.82, 2.24) is 0 Å². The summed E-state index contributed by atoms with van der Waals surface area (Å²) < 4.78 is 10.7. The molecule has 1 heterocycles. The zero-order valence-electron chi connectivity index (χ0n) is 12.8. The van der Waals surface area contributed by atoms with Gasteiger partial charge in [0.1, 0.15) is 6.61 Å². The molecule has 0 aromatic heterocycles. The van der Waals surface area contributed by atoms with Crippen LogP contribution in [-0.2, 0) is 27.3 Å². The van der Waals surface area contributed by atoms with Crippen molar-refractivity contribution in [3.05, 3.63) is 71.8 Å². The first kappa shape index (κ1) is 15.7. The Kier molecular flexibility index (Phi) is 5.05. The van der Waals surface area contributed by atoms with E-state index in [1.165, 1.54) is 0 Å². The van der Waals surface area contributed by atoms with Crippen LogP contribution in [0, 0.1) is 5.92 Å². The maximum absolute atomic E-state index is 12.1. The van der Waals surface area contributed by atoms with Gasteiger partial charge in [-0.3, -0.25) is 0 Å². The fourth-order valence-corrected chi connectivity index (χ4v) is 2.79. The standard InChI is InChI=1S/C19H20O4/c20-17-16(11-14-7-3-1-4-8-14)13-22-18(17)19(21)23-12-15-9-5-2-6-10-15/h1-10,16-18,20H,11-13H2/t16-,17-,18-/m1/s1. The van der Waals surface area contributed by atoms with Crippen LogP contribution in [0.15, 0.2) is 60.7 Å². The maximum atomic E-state index is 12.1. The van der Waals surface area contributed by atoms with E-state index in [0.717, 1.165) is 11.1 Å². The zero-order valence-corrected chi connectivity index (χ0v) is 12.8. The summed E-state index contributed by atoms with van der Waals surface area (Å²) in [4.78, 5) is 12.1. The average molecular weight is 312 g/mol. The predicted molar refractivity (Wildman–Crippen MR) is 85.6 cm³/mol. The fraction of sp³-hybridized carbons (Fsp3) is 0.316. The molecule has 0 aliphatic carbocycles. The van der Waals surface area contributed by atoms with Crippen LogP contribution in [0.5, 0.6) is 0 Å². The lowest BCUT2D eigenvalue weighted by Crippen LogP contribution is -2.35. The molecule has 1 aliphatic rings. The Morgan fingerprint density at radius 1 is 1.04 bits per heavy atom. The van der Waals surface area contributed by atoms with Gasteiger partial charge in [0, 0.05) is 5.92 Å². The topological polar surface area (TPSA) is 55.8 Å². The molecule has 3 atom stereocenters. The van der Waals surface area contributed by atoms with Gasteiger partial charge in [0.2, 0.25) is 0 Å². The number of aliphatic hydroxyl groups excluding tert-OH is 1. The van der Waals surface area contributed by atoms with Gasteiger partial charge in [-0.05, 0) is 17.5 Å². The van der Waals surface area contributed by atoms with Gasteiger partial charge in [-0.1, -0.05) is 60.7 Å². The second kappa shape index (κ2) is 7.40. The van der Waals surface area contributed by atoms with Crippen molar-refractivity contribution in [2.75, 3.05) is 6.61 Å². The summed E-state index contributed by atoms with van der Waals surface area (Å²) in [5.74, 6) is -0.594. The second-order valence-electron chi connectivity index (χ2n) is 5.79. The van der Waals surface area contributed by atoms with Crippen LogP contribution >= 0.6 is 0 Å². The fourth-order valence-electron chi connectivity index (χ4n) is 2.79. The number of rotatable bonds is 5. The van der Waals surface area contributed by atoms with Crippen LogP contribution in [-0.4, -0.2) is 29.9 Å². The lowest BCUT2D eigenvalue weighted by molar-refractivity contribution is -0.159. The van der Waals surface area contributed by atoms with Gasteiger partial charge in [-0.15, -0.1) is 0 Å². The molecule has 0 amide bonds. The second-order valence-corrected chi connectivity index (χ2v) is 5.79. The molecule has 1 N–H and O–H groups in total. The van der Waals surface area contributed by atoms with Gasteiger partial charge in [-0.25, -0.2) is 4.79 Å². The number of hydrogen-bond acceptors (Lipinski definition) is 4. The van der Waals surface area contributed by atoms with Gasteiger partial charge in [-0.2, -0.15) is 0 Å². The van der Waals surface area contributed by atoms with Crippen molar-refractivity contribution in [3.63, 3.8) is 0 Å². The summed E-state index contributed by atoms with van der Waals surface area (Å²) in [6, 6.07) is 19.3. The molecule has 4 nitrogen and oxygen atoms in total. The summed E-state index contributed by atoms with van der Waals surface area (Å²) in [6.45, 7) is 0.552. The van der Waals surface area contributed by atoms with Crippen LogP contribution in [0.25, 0.3) is 0 Å². The molecule has 0 spiro atoms. The lowest BCUT2D eigenvalue weighted by Gasteiger charge is -2.16. The van der Waals surface area contributed by atoms with Crippen molar-refractivity contribution in [1.29, 1.82) is 0 Å². The van der Waals surface area contributed by atoms with Crippen molar-refractivity contribution in [2.45, 2.75) is 25.2 Å². The molecule has 1 saturated heterocycles. The van der Waals surface area contributed by atoms with E-state index < -0.39 is 18.2 Å². The molecular formula is C19H20O4. The molecule has 4 heteroatoms. The van der Waals surface area contributed by atoms with E-state index in [1.54, 1.807) is 0 Å². The number of carbonyl (C=O) groups excluding carboxylic acids is 1. The maximum Gasteiger partial charge on any atom is 0.338 e. The van der Waals surface area contributed by atoms with E-state index in [0.29, 0.717) is 13.0 Å². The van der Waals surface area contributed by atoms with Crippen LogP contribution in [0.1, 0.15) is 11.1 Å². The van der Waals surface area contributed by atoms with E-state index in [4.69, 9.17) is 9.47 Å². The molecule has 120 valence electrons. The normalized spacial score (nSPS) is 23.6. The third-order valence-corrected chi connectivity index (χ3v) is 4.08. The van der Waals surface area contributed by atoms with Gasteiger partial charge in [0.05, 0.1) is 12.7 Å². The molecule has 1 aliphatic heterocycles. The molecule has 0 saturated carbocycles. The van der Waals surface area contributed by atoms with Crippen molar-refractivity contribution >= 4 is 5.97 Å². The van der Waals surface area contributed by atoms with Crippen molar-refractivity contribution in [3.8, 4) is 0 Å². The molecule has 3 rings (SSSR count). The first-order valence-corrected chi connectivity index (χ1v) is 7.78. The first-order chi connectivity index (χ1) is 11.2. The highest BCUT2D eigenvalue weighted by molar-refractivity contribution is 5.75. The highest BCUT2D eigenvalue weighted by Gasteiger charge is 2.41. The SMILES string of the molecule is O=C(OCc1ccccc1)[C@@H]1OC[C@@H](Cc2ccccc2)[C@H]1O. The van der Waals surface area contributed by atoms with Gasteiger partial charge < -0.3 is 14.6 Å². The number of esters is 1. The highest BCUT2D eigenvalue weighted by Crippen LogP contribution is 2.25. The molecule has 0 radical (unpaired) electrons. The summed E-state index contributed by atoms with van der Waals surface area (Å²) in [5, 5.41) is 10.4. The zero-order chi connectivity index (χ0) is 16.1. The minimum Gasteiger partial charge on any atom is -0.459 e. The smallest absolute Gasteiger partial charge is 0.338 e.